The van der Waals surface area contributed by atoms with Crippen LogP contribution in [0.4, 0.5) is 5.69 Å². The third-order valence-electron chi connectivity index (χ3n) is 5.01. The average Bonchev–Trinajstić information content (AvgIpc) is 3.28. The Morgan fingerprint density at radius 1 is 1.17 bits per heavy atom. The number of amides is 2. The molecular formula is C21H22N6O2. The molecule has 1 aliphatic rings. The smallest absolute Gasteiger partial charge is 0.271 e. The molecule has 3 heterocycles. The first kappa shape index (κ1) is 18.8. The topological polar surface area (TPSA) is 104 Å². The monoisotopic (exact) mass is 390 g/mol. The second-order valence-corrected chi connectivity index (χ2v) is 7.11. The molecule has 1 atom stereocenters. The molecule has 1 fully saturated rings. The number of anilines is 1. The van der Waals surface area contributed by atoms with Gasteiger partial charge in [0.15, 0.2) is 0 Å². The lowest BCUT2D eigenvalue weighted by molar-refractivity contribution is -0.114. The fraction of sp³-hybridized carbons (Fsp3) is 0.286. The van der Waals surface area contributed by atoms with Crippen molar-refractivity contribution >= 4 is 17.5 Å². The molecule has 8 nitrogen and oxygen atoms in total. The van der Waals surface area contributed by atoms with Gasteiger partial charge in [0.1, 0.15) is 5.69 Å². The van der Waals surface area contributed by atoms with Crippen LogP contribution in [0.3, 0.4) is 0 Å². The number of hydrogen-bond donors (Lipinski definition) is 2. The van der Waals surface area contributed by atoms with Gasteiger partial charge in [-0.1, -0.05) is 12.1 Å². The predicted octanol–water partition coefficient (Wildman–Crippen LogP) is 2.84. The minimum absolute atomic E-state index is 0.0507. The van der Waals surface area contributed by atoms with Crippen LogP contribution in [-0.2, 0) is 4.79 Å². The normalized spacial score (nSPS) is 16.4. The average molecular weight is 390 g/mol. The van der Waals surface area contributed by atoms with Crippen LogP contribution in [0, 0.1) is 0 Å². The molecule has 1 aliphatic heterocycles. The third kappa shape index (κ3) is 4.16. The number of nitrogens with zero attached hydrogens (tertiary/aromatic N) is 4. The highest BCUT2D eigenvalue weighted by molar-refractivity contribution is 5.92. The van der Waals surface area contributed by atoms with E-state index in [9.17, 15) is 9.59 Å². The van der Waals surface area contributed by atoms with Gasteiger partial charge in [-0.15, -0.1) is 0 Å². The molecule has 1 saturated heterocycles. The summed E-state index contributed by atoms with van der Waals surface area (Å²) in [5.74, 6) is -0.0872. The van der Waals surface area contributed by atoms with Crippen LogP contribution in [0.15, 0.2) is 48.9 Å². The second-order valence-electron chi connectivity index (χ2n) is 7.11. The standard InChI is InChI=1S/C21H22N6O2/c1-14(28)25-17-6-2-4-15(12-17)19-20(23-10-9-22-19)16-5-3-11-27(13-16)21(29)18-7-8-24-26-18/h2,4,6-10,12,16H,3,5,11,13H2,1H3,(H,24,26)(H,25,28)/t16-/m0/s1. The molecule has 0 bridgehead atoms. The summed E-state index contributed by atoms with van der Waals surface area (Å²) in [7, 11) is 0. The molecule has 29 heavy (non-hydrogen) atoms. The highest BCUT2D eigenvalue weighted by Crippen LogP contribution is 2.33. The van der Waals surface area contributed by atoms with Gasteiger partial charge in [0.05, 0.1) is 11.4 Å². The zero-order valence-electron chi connectivity index (χ0n) is 16.1. The van der Waals surface area contributed by atoms with Crippen molar-refractivity contribution in [2.45, 2.75) is 25.7 Å². The van der Waals surface area contributed by atoms with E-state index in [1.807, 2.05) is 29.2 Å². The third-order valence-corrected chi connectivity index (χ3v) is 5.01. The van der Waals surface area contributed by atoms with Crippen molar-refractivity contribution in [1.82, 2.24) is 25.1 Å². The van der Waals surface area contributed by atoms with Gasteiger partial charge in [-0.3, -0.25) is 24.7 Å². The van der Waals surface area contributed by atoms with Gasteiger partial charge in [0.25, 0.3) is 5.91 Å². The number of likely N-dealkylation sites (tertiary alicyclic amines) is 1. The number of nitrogens with one attached hydrogen (secondary N) is 2. The lowest BCUT2D eigenvalue weighted by Gasteiger charge is -2.32. The Morgan fingerprint density at radius 3 is 2.83 bits per heavy atom. The van der Waals surface area contributed by atoms with E-state index in [2.05, 4.69) is 25.5 Å². The van der Waals surface area contributed by atoms with Crippen molar-refractivity contribution in [3.63, 3.8) is 0 Å². The van der Waals surface area contributed by atoms with Gasteiger partial charge in [0, 0.05) is 55.8 Å². The largest absolute Gasteiger partial charge is 0.337 e. The summed E-state index contributed by atoms with van der Waals surface area (Å²) >= 11 is 0. The van der Waals surface area contributed by atoms with E-state index < -0.39 is 0 Å². The SMILES string of the molecule is CC(=O)Nc1cccc(-c2nccnc2[C@H]2CCCN(C(=O)c3ccn[nH]3)C2)c1. The van der Waals surface area contributed by atoms with E-state index in [4.69, 9.17) is 0 Å². The molecule has 2 aromatic heterocycles. The molecule has 0 spiro atoms. The lowest BCUT2D eigenvalue weighted by atomic mass is 9.91. The summed E-state index contributed by atoms with van der Waals surface area (Å²) in [6.45, 7) is 2.77. The van der Waals surface area contributed by atoms with E-state index >= 15 is 0 Å². The number of benzene rings is 1. The minimum Gasteiger partial charge on any atom is -0.337 e. The molecule has 3 aromatic rings. The van der Waals surface area contributed by atoms with Crippen LogP contribution >= 0.6 is 0 Å². The summed E-state index contributed by atoms with van der Waals surface area (Å²) < 4.78 is 0. The number of carbonyl (C=O) groups excluding carboxylic acids is 2. The van der Waals surface area contributed by atoms with Crippen LogP contribution in [0.2, 0.25) is 0 Å². The highest BCUT2D eigenvalue weighted by atomic mass is 16.2. The van der Waals surface area contributed by atoms with Crippen molar-refractivity contribution < 1.29 is 9.59 Å². The Hall–Kier alpha value is -3.55. The molecular weight excluding hydrogens is 368 g/mol. The maximum Gasteiger partial charge on any atom is 0.271 e. The molecule has 1 aromatic carbocycles. The Labute approximate surface area is 168 Å². The number of carbonyl (C=O) groups is 2. The fourth-order valence-electron chi connectivity index (χ4n) is 3.75. The quantitative estimate of drug-likeness (QED) is 0.713. The molecule has 148 valence electrons. The first-order valence-corrected chi connectivity index (χ1v) is 9.59. The molecule has 2 amide bonds. The van der Waals surface area contributed by atoms with E-state index in [1.165, 1.54) is 6.92 Å². The van der Waals surface area contributed by atoms with E-state index in [0.717, 1.165) is 29.8 Å². The number of H-pyrrole nitrogens is 1. The molecule has 4 rings (SSSR count). The molecule has 0 aliphatic carbocycles. The van der Waals surface area contributed by atoms with Gasteiger partial charge in [0.2, 0.25) is 5.91 Å². The maximum atomic E-state index is 12.7. The van der Waals surface area contributed by atoms with E-state index in [-0.39, 0.29) is 17.7 Å². The number of piperidine rings is 1. The van der Waals surface area contributed by atoms with Crippen LogP contribution in [-0.4, -0.2) is 50.0 Å². The Bertz CT molecular complexity index is 1020. The molecule has 2 N–H and O–H groups in total. The fourth-order valence-corrected chi connectivity index (χ4v) is 3.75. The molecule has 0 saturated carbocycles. The van der Waals surface area contributed by atoms with Crippen LogP contribution in [0.25, 0.3) is 11.3 Å². The number of aromatic amines is 1. The number of hydrogen-bond acceptors (Lipinski definition) is 5. The predicted molar refractivity (Wildman–Crippen MR) is 108 cm³/mol. The van der Waals surface area contributed by atoms with Crippen molar-refractivity contribution in [1.29, 1.82) is 0 Å². The maximum absolute atomic E-state index is 12.7. The zero-order chi connectivity index (χ0) is 20.2. The van der Waals surface area contributed by atoms with E-state index in [0.29, 0.717) is 24.5 Å². The molecule has 0 radical (unpaired) electrons. The summed E-state index contributed by atoms with van der Waals surface area (Å²) in [6, 6.07) is 9.26. The lowest BCUT2D eigenvalue weighted by Crippen LogP contribution is -2.39. The van der Waals surface area contributed by atoms with Crippen molar-refractivity contribution in [3.05, 3.63) is 60.3 Å². The zero-order valence-corrected chi connectivity index (χ0v) is 16.1. The van der Waals surface area contributed by atoms with Gasteiger partial charge in [-0.05, 0) is 31.0 Å². The summed E-state index contributed by atoms with van der Waals surface area (Å²) in [5.41, 5.74) is 3.74. The Morgan fingerprint density at radius 2 is 2.03 bits per heavy atom. The van der Waals surface area contributed by atoms with Gasteiger partial charge in [-0.25, -0.2) is 0 Å². The number of rotatable bonds is 4. The van der Waals surface area contributed by atoms with Crippen molar-refractivity contribution in [2.24, 2.45) is 0 Å². The highest BCUT2D eigenvalue weighted by Gasteiger charge is 2.29. The van der Waals surface area contributed by atoms with Crippen molar-refractivity contribution in [2.75, 3.05) is 18.4 Å². The van der Waals surface area contributed by atoms with Crippen molar-refractivity contribution in [3.8, 4) is 11.3 Å². The summed E-state index contributed by atoms with van der Waals surface area (Å²) in [5, 5.41) is 9.42. The minimum atomic E-state index is -0.123. The van der Waals surface area contributed by atoms with Gasteiger partial charge < -0.3 is 10.2 Å². The van der Waals surface area contributed by atoms with Crippen LogP contribution in [0.5, 0.6) is 0 Å². The summed E-state index contributed by atoms with van der Waals surface area (Å²) in [4.78, 5) is 35.1. The van der Waals surface area contributed by atoms with Gasteiger partial charge >= 0.3 is 0 Å². The first-order chi connectivity index (χ1) is 14.1. The Balaban J connectivity index is 1.61. The Kier molecular flexibility index (Phi) is 5.33. The first-order valence-electron chi connectivity index (χ1n) is 9.59. The summed E-state index contributed by atoms with van der Waals surface area (Å²) in [6.07, 6.45) is 6.76. The van der Waals surface area contributed by atoms with Crippen LogP contribution in [0.1, 0.15) is 41.9 Å². The van der Waals surface area contributed by atoms with Crippen LogP contribution < -0.4 is 5.32 Å². The van der Waals surface area contributed by atoms with Gasteiger partial charge in [-0.2, -0.15) is 5.10 Å². The molecule has 8 heteroatoms. The number of aromatic nitrogens is 4. The second kappa shape index (κ2) is 8.22. The van der Waals surface area contributed by atoms with E-state index in [1.54, 1.807) is 24.7 Å². The molecule has 0 unspecified atom stereocenters.